The Morgan fingerprint density at radius 2 is 1.87 bits per heavy atom. The van der Waals surface area contributed by atoms with Crippen molar-refractivity contribution in [2.75, 3.05) is 12.4 Å². The van der Waals surface area contributed by atoms with Gasteiger partial charge in [0.05, 0.1) is 24.4 Å². The number of nitrogens with one attached hydrogen (secondary N) is 2. The molecule has 1 aromatic carbocycles. The van der Waals surface area contributed by atoms with Gasteiger partial charge in [0.25, 0.3) is 0 Å². The van der Waals surface area contributed by atoms with Gasteiger partial charge in [0.1, 0.15) is 6.10 Å². The molecule has 1 aliphatic carbocycles. The highest BCUT2D eigenvalue weighted by Gasteiger charge is 2.27. The van der Waals surface area contributed by atoms with Crippen molar-refractivity contribution in [2.45, 2.75) is 63.0 Å². The Bertz CT molecular complexity index is 1020. The lowest BCUT2D eigenvalue weighted by atomic mass is 9.94. The Balaban J connectivity index is 1.57. The third kappa shape index (κ3) is 6.14. The first kappa shape index (κ1) is 23.0. The molecule has 168 valence electrons. The maximum Gasteiger partial charge on any atom is 0.241 e. The summed E-state index contributed by atoms with van der Waals surface area (Å²) in [4.78, 5) is 20.0. The van der Waals surface area contributed by atoms with Crippen LogP contribution in [0.15, 0.2) is 35.5 Å². The van der Waals surface area contributed by atoms with Gasteiger partial charge < -0.3 is 14.8 Å². The van der Waals surface area contributed by atoms with Crippen LogP contribution in [0.3, 0.4) is 0 Å². The number of rotatable bonds is 8. The van der Waals surface area contributed by atoms with Crippen LogP contribution in [0.25, 0.3) is 0 Å². The van der Waals surface area contributed by atoms with Gasteiger partial charge in [0.2, 0.25) is 27.7 Å². The number of carbonyl (C=O) groups is 1. The van der Waals surface area contributed by atoms with E-state index >= 15 is 0 Å². The van der Waals surface area contributed by atoms with Gasteiger partial charge in [0, 0.05) is 18.2 Å². The minimum absolute atomic E-state index is 0.0506. The second-order valence-electron chi connectivity index (χ2n) is 7.49. The molecule has 1 aliphatic rings. The van der Waals surface area contributed by atoms with Crippen LogP contribution in [0.5, 0.6) is 11.8 Å². The number of aromatic nitrogens is 2. The second-order valence-corrected chi connectivity index (χ2v) is 9.18. The number of carbonyl (C=O) groups excluding carboxylic acids is 1. The van der Waals surface area contributed by atoms with Gasteiger partial charge in [-0.1, -0.05) is 6.92 Å². The van der Waals surface area contributed by atoms with Gasteiger partial charge in [-0.15, -0.1) is 0 Å². The fraction of sp³-hybridized carbons (Fsp3) is 0.476. The highest BCUT2D eigenvalue weighted by atomic mass is 32.2. The van der Waals surface area contributed by atoms with E-state index in [1.807, 2.05) is 0 Å². The number of nitrogens with zero attached hydrogens (tertiary/aromatic N) is 2. The summed E-state index contributed by atoms with van der Waals surface area (Å²) >= 11 is 0. The fourth-order valence-corrected chi connectivity index (χ4v) is 5.05. The minimum Gasteiger partial charge on any atom is -0.480 e. The summed E-state index contributed by atoms with van der Waals surface area (Å²) < 4.78 is 39.5. The van der Waals surface area contributed by atoms with Crippen molar-refractivity contribution in [1.82, 2.24) is 14.7 Å². The van der Waals surface area contributed by atoms with E-state index in [-0.39, 0.29) is 22.9 Å². The predicted molar refractivity (Wildman–Crippen MR) is 116 cm³/mol. The third-order valence-corrected chi connectivity index (χ3v) is 6.83. The number of ether oxygens (including phenoxy) is 2. The van der Waals surface area contributed by atoms with E-state index in [0.717, 1.165) is 0 Å². The fourth-order valence-electron chi connectivity index (χ4n) is 3.52. The first-order valence-electron chi connectivity index (χ1n) is 10.3. The summed E-state index contributed by atoms with van der Waals surface area (Å²) in [7, 11) is -2.15. The Hall–Kier alpha value is -2.72. The van der Waals surface area contributed by atoms with Crippen molar-refractivity contribution in [3.8, 4) is 11.8 Å². The normalized spacial score (nSPS) is 18.9. The summed E-state index contributed by atoms with van der Waals surface area (Å²) in [5, 5.41) is 2.74. The van der Waals surface area contributed by atoms with Crippen LogP contribution >= 0.6 is 0 Å². The topological polar surface area (TPSA) is 120 Å². The van der Waals surface area contributed by atoms with Crippen molar-refractivity contribution >= 4 is 21.6 Å². The molecule has 1 fully saturated rings. The molecule has 0 saturated heterocycles. The third-order valence-electron chi connectivity index (χ3n) is 5.15. The zero-order chi connectivity index (χ0) is 22.4. The van der Waals surface area contributed by atoms with E-state index in [0.29, 0.717) is 55.1 Å². The van der Waals surface area contributed by atoms with Gasteiger partial charge in [-0.2, -0.15) is 4.98 Å². The van der Waals surface area contributed by atoms with Crippen LogP contribution in [0, 0.1) is 6.92 Å². The lowest BCUT2D eigenvalue weighted by Gasteiger charge is -2.29. The monoisotopic (exact) mass is 448 g/mol. The molecular formula is C21H28N4O5S. The largest absolute Gasteiger partial charge is 0.480 e. The highest BCUT2D eigenvalue weighted by molar-refractivity contribution is 7.89. The van der Waals surface area contributed by atoms with Gasteiger partial charge in [-0.25, -0.2) is 13.1 Å². The van der Waals surface area contributed by atoms with E-state index < -0.39 is 10.0 Å². The van der Waals surface area contributed by atoms with Crippen molar-refractivity contribution < 1.29 is 22.7 Å². The molecule has 1 saturated carbocycles. The smallest absolute Gasteiger partial charge is 0.241 e. The molecule has 1 amide bonds. The molecular weight excluding hydrogens is 420 g/mol. The molecule has 0 bridgehead atoms. The highest BCUT2D eigenvalue weighted by Crippen LogP contribution is 2.26. The van der Waals surface area contributed by atoms with Crippen molar-refractivity contribution in [3.05, 3.63) is 36.2 Å². The van der Waals surface area contributed by atoms with Crippen LogP contribution < -0.4 is 19.5 Å². The molecule has 10 heteroatoms. The maximum absolute atomic E-state index is 12.9. The van der Waals surface area contributed by atoms with E-state index in [1.54, 1.807) is 26.0 Å². The number of hydrogen-bond acceptors (Lipinski definition) is 7. The van der Waals surface area contributed by atoms with E-state index in [9.17, 15) is 13.2 Å². The average Bonchev–Trinajstić information content (AvgIpc) is 2.75. The van der Waals surface area contributed by atoms with Gasteiger partial charge in [-0.3, -0.25) is 9.78 Å². The Labute approximate surface area is 182 Å². The average molecular weight is 449 g/mol. The molecule has 0 unspecified atom stereocenters. The molecule has 1 heterocycles. The van der Waals surface area contributed by atoms with Crippen LogP contribution in [0.1, 0.15) is 44.6 Å². The van der Waals surface area contributed by atoms with Crippen LogP contribution in [0.4, 0.5) is 5.69 Å². The number of sulfonamides is 1. The van der Waals surface area contributed by atoms with Crippen LogP contribution in [-0.2, 0) is 14.8 Å². The SMILES string of the molecule is CCC(=O)Nc1ccc(S(=O)(=O)NC2CCC(Oc3cncc(OC)n3)CC2)c(C)c1. The Kier molecular flexibility index (Phi) is 7.45. The number of anilines is 1. The van der Waals surface area contributed by atoms with E-state index in [4.69, 9.17) is 9.47 Å². The van der Waals surface area contributed by atoms with Crippen LogP contribution in [0.2, 0.25) is 0 Å². The quantitative estimate of drug-likeness (QED) is 0.637. The zero-order valence-corrected chi connectivity index (χ0v) is 18.7. The van der Waals surface area contributed by atoms with Crippen LogP contribution in [-0.4, -0.2) is 43.5 Å². The molecule has 0 atom stereocenters. The lowest BCUT2D eigenvalue weighted by Crippen LogP contribution is -2.39. The summed E-state index contributed by atoms with van der Waals surface area (Å²) in [5.74, 6) is 0.663. The summed E-state index contributed by atoms with van der Waals surface area (Å²) in [5.41, 5.74) is 1.16. The number of amides is 1. The minimum atomic E-state index is -3.67. The molecule has 3 rings (SSSR count). The number of benzene rings is 1. The first-order valence-corrected chi connectivity index (χ1v) is 11.7. The second kappa shape index (κ2) is 10.1. The number of aryl methyl sites for hydroxylation is 1. The molecule has 2 aromatic rings. The Morgan fingerprint density at radius 3 is 2.52 bits per heavy atom. The standard InChI is InChI=1S/C21H28N4O5S/c1-4-19(26)23-16-7-10-18(14(2)11-16)31(27,28)25-15-5-8-17(9-6-15)30-21-13-22-12-20(24-21)29-3/h7,10-13,15,17,25H,4-6,8-9H2,1-3H3,(H,23,26). The molecule has 1 aromatic heterocycles. The predicted octanol–water partition coefficient (Wildman–Crippen LogP) is 2.81. The van der Waals surface area contributed by atoms with Gasteiger partial charge in [0.15, 0.2) is 0 Å². The molecule has 0 spiro atoms. The maximum atomic E-state index is 12.9. The summed E-state index contributed by atoms with van der Waals surface area (Å²) in [6.45, 7) is 3.48. The van der Waals surface area contributed by atoms with Crippen molar-refractivity contribution in [2.24, 2.45) is 0 Å². The van der Waals surface area contributed by atoms with E-state index in [1.165, 1.54) is 25.6 Å². The molecule has 9 nitrogen and oxygen atoms in total. The lowest BCUT2D eigenvalue weighted by molar-refractivity contribution is -0.115. The summed E-state index contributed by atoms with van der Waals surface area (Å²) in [6.07, 6.45) is 6.07. The molecule has 2 N–H and O–H groups in total. The summed E-state index contributed by atoms with van der Waals surface area (Å²) in [6, 6.07) is 4.64. The molecule has 0 aliphatic heterocycles. The van der Waals surface area contributed by atoms with Crippen molar-refractivity contribution in [1.29, 1.82) is 0 Å². The van der Waals surface area contributed by atoms with Crippen molar-refractivity contribution in [3.63, 3.8) is 0 Å². The van der Waals surface area contributed by atoms with Gasteiger partial charge in [-0.05, 0) is 56.4 Å². The molecule has 0 radical (unpaired) electrons. The zero-order valence-electron chi connectivity index (χ0n) is 17.9. The number of hydrogen-bond donors (Lipinski definition) is 2. The van der Waals surface area contributed by atoms with Gasteiger partial charge >= 0.3 is 0 Å². The number of methoxy groups -OCH3 is 1. The molecule has 31 heavy (non-hydrogen) atoms. The van der Waals surface area contributed by atoms with E-state index in [2.05, 4.69) is 20.0 Å². The first-order chi connectivity index (χ1) is 14.8. The Morgan fingerprint density at radius 1 is 1.16 bits per heavy atom.